The van der Waals surface area contributed by atoms with E-state index in [1.807, 2.05) is 11.3 Å². The highest BCUT2D eigenvalue weighted by atomic mass is 32.1. The minimum Gasteiger partial charge on any atom is -0.480 e. The third kappa shape index (κ3) is 3.12. The second-order valence-corrected chi connectivity index (χ2v) is 7.84. The maximum atomic E-state index is 11.7. The molecule has 2 unspecified atom stereocenters. The number of carboxylic acid groups (broad SMARTS) is 1. The monoisotopic (exact) mass is 335 g/mol. The molecule has 1 fully saturated rings. The number of aliphatic carboxylic acids is 1. The Labute approximate surface area is 139 Å². The van der Waals surface area contributed by atoms with Crippen molar-refractivity contribution in [2.75, 3.05) is 6.54 Å². The predicted octanol–water partition coefficient (Wildman–Crippen LogP) is 4.40. The van der Waals surface area contributed by atoms with Crippen molar-refractivity contribution in [3.05, 3.63) is 44.3 Å². The van der Waals surface area contributed by atoms with Gasteiger partial charge in [0.25, 0.3) is 0 Å². The zero-order valence-corrected chi connectivity index (χ0v) is 14.3. The Morgan fingerprint density at radius 1 is 1.36 bits per heavy atom. The van der Waals surface area contributed by atoms with E-state index in [0.717, 1.165) is 32.2 Å². The highest BCUT2D eigenvalue weighted by molar-refractivity contribution is 7.13. The molecule has 0 radical (unpaired) electrons. The first-order valence-corrected chi connectivity index (χ1v) is 9.51. The summed E-state index contributed by atoms with van der Waals surface area (Å²) in [7, 11) is 0. The molecule has 2 aromatic rings. The number of carboxylic acids is 1. The van der Waals surface area contributed by atoms with Crippen LogP contribution < -0.4 is 0 Å². The topological polar surface area (TPSA) is 40.5 Å². The first-order chi connectivity index (χ1) is 10.7. The van der Waals surface area contributed by atoms with Gasteiger partial charge in [-0.3, -0.25) is 9.69 Å². The lowest BCUT2D eigenvalue weighted by atomic mass is 9.98. The van der Waals surface area contributed by atoms with Gasteiger partial charge >= 0.3 is 5.97 Å². The van der Waals surface area contributed by atoms with Crippen LogP contribution in [0.1, 0.15) is 46.9 Å². The van der Waals surface area contributed by atoms with Gasteiger partial charge < -0.3 is 5.11 Å². The first kappa shape index (κ1) is 15.7. The van der Waals surface area contributed by atoms with Crippen LogP contribution in [0.4, 0.5) is 0 Å². The number of nitrogens with zero attached hydrogens (tertiary/aromatic N) is 1. The SMILES string of the molecule is CCc1ccc(C(c2cccs2)N2CCCCC2C(=O)O)s1. The quantitative estimate of drug-likeness (QED) is 0.880. The van der Waals surface area contributed by atoms with Crippen molar-refractivity contribution in [2.24, 2.45) is 0 Å². The number of carbonyl (C=O) groups is 1. The molecule has 0 saturated carbocycles. The van der Waals surface area contributed by atoms with Gasteiger partial charge in [0.1, 0.15) is 6.04 Å². The van der Waals surface area contributed by atoms with Crippen LogP contribution in [-0.2, 0) is 11.2 Å². The Morgan fingerprint density at radius 2 is 2.23 bits per heavy atom. The number of aryl methyl sites for hydroxylation is 1. The normalized spacial score (nSPS) is 20.9. The van der Waals surface area contributed by atoms with Gasteiger partial charge in [0, 0.05) is 14.6 Å². The molecule has 1 aliphatic rings. The van der Waals surface area contributed by atoms with Gasteiger partial charge in [-0.2, -0.15) is 0 Å². The molecule has 1 saturated heterocycles. The molecule has 3 heterocycles. The van der Waals surface area contributed by atoms with Gasteiger partial charge in [-0.05, 0) is 49.4 Å². The van der Waals surface area contributed by atoms with Gasteiger partial charge in [0.2, 0.25) is 0 Å². The van der Waals surface area contributed by atoms with E-state index in [1.54, 1.807) is 11.3 Å². The molecule has 0 bridgehead atoms. The van der Waals surface area contributed by atoms with Gasteiger partial charge in [-0.15, -0.1) is 22.7 Å². The molecule has 1 N–H and O–H groups in total. The van der Waals surface area contributed by atoms with Gasteiger partial charge in [0.15, 0.2) is 0 Å². The summed E-state index contributed by atoms with van der Waals surface area (Å²) in [4.78, 5) is 17.8. The van der Waals surface area contributed by atoms with Crippen LogP contribution in [0.2, 0.25) is 0 Å². The lowest BCUT2D eigenvalue weighted by molar-refractivity contribution is -0.145. The Balaban J connectivity index is 1.99. The molecule has 2 atom stereocenters. The van der Waals surface area contributed by atoms with Gasteiger partial charge in [0.05, 0.1) is 6.04 Å². The zero-order valence-electron chi connectivity index (χ0n) is 12.7. The summed E-state index contributed by atoms with van der Waals surface area (Å²) in [6.07, 6.45) is 3.88. The summed E-state index contributed by atoms with van der Waals surface area (Å²) in [5.41, 5.74) is 0. The maximum Gasteiger partial charge on any atom is 0.320 e. The van der Waals surface area contributed by atoms with Crippen molar-refractivity contribution >= 4 is 28.6 Å². The molecule has 0 aliphatic carbocycles. The van der Waals surface area contributed by atoms with E-state index in [9.17, 15) is 9.90 Å². The minimum absolute atomic E-state index is 0.0895. The number of hydrogen-bond donors (Lipinski definition) is 1. The molecule has 3 rings (SSSR count). The zero-order chi connectivity index (χ0) is 15.5. The van der Waals surface area contributed by atoms with E-state index in [0.29, 0.717) is 0 Å². The molecule has 0 spiro atoms. The van der Waals surface area contributed by atoms with Crippen molar-refractivity contribution < 1.29 is 9.90 Å². The number of rotatable bonds is 5. The molecule has 2 aromatic heterocycles. The van der Waals surface area contributed by atoms with E-state index in [2.05, 4.69) is 41.5 Å². The third-order valence-electron chi connectivity index (χ3n) is 4.27. The molecule has 0 aromatic carbocycles. The largest absolute Gasteiger partial charge is 0.480 e. The number of piperidine rings is 1. The number of hydrogen-bond acceptors (Lipinski definition) is 4. The number of likely N-dealkylation sites (tertiary alicyclic amines) is 1. The minimum atomic E-state index is -0.687. The van der Waals surface area contributed by atoms with Crippen molar-refractivity contribution in [1.29, 1.82) is 0 Å². The van der Waals surface area contributed by atoms with E-state index < -0.39 is 5.97 Å². The van der Waals surface area contributed by atoms with Crippen LogP contribution >= 0.6 is 22.7 Å². The van der Waals surface area contributed by atoms with E-state index >= 15 is 0 Å². The molecule has 3 nitrogen and oxygen atoms in total. The molecule has 118 valence electrons. The van der Waals surface area contributed by atoms with Crippen LogP contribution in [0.15, 0.2) is 29.6 Å². The summed E-state index contributed by atoms with van der Waals surface area (Å²) in [6.45, 7) is 3.02. The fraction of sp³-hybridized carbons (Fsp3) is 0.471. The predicted molar refractivity (Wildman–Crippen MR) is 91.8 cm³/mol. The standard InChI is InChI=1S/C17H21NO2S2/c1-2-12-8-9-15(22-12)16(14-7-5-11-21-14)18-10-4-3-6-13(18)17(19)20/h5,7-9,11,13,16H,2-4,6,10H2,1H3,(H,19,20). The second kappa shape index (κ2) is 6.94. The lowest BCUT2D eigenvalue weighted by Gasteiger charge is -2.38. The fourth-order valence-corrected chi connectivity index (χ4v) is 5.20. The van der Waals surface area contributed by atoms with Crippen LogP contribution in [0.25, 0.3) is 0 Å². The van der Waals surface area contributed by atoms with E-state index in [4.69, 9.17) is 0 Å². The number of thiophene rings is 2. The summed E-state index contributed by atoms with van der Waals surface area (Å²) >= 11 is 3.54. The highest BCUT2D eigenvalue weighted by Gasteiger charge is 2.36. The molecule has 5 heteroatoms. The smallest absolute Gasteiger partial charge is 0.320 e. The highest BCUT2D eigenvalue weighted by Crippen LogP contribution is 2.39. The van der Waals surface area contributed by atoms with E-state index in [-0.39, 0.29) is 12.1 Å². The van der Waals surface area contributed by atoms with Crippen LogP contribution in [0.3, 0.4) is 0 Å². The lowest BCUT2D eigenvalue weighted by Crippen LogP contribution is -2.46. The molecular formula is C17H21NO2S2. The van der Waals surface area contributed by atoms with Crippen LogP contribution in [0, 0.1) is 0 Å². The van der Waals surface area contributed by atoms with Crippen molar-refractivity contribution in [2.45, 2.75) is 44.7 Å². The fourth-order valence-electron chi connectivity index (χ4n) is 3.17. The van der Waals surface area contributed by atoms with Crippen molar-refractivity contribution in [3.63, 3.8) is 0 Å². The molecule has 1 aliphatic heterocycles. The Morgan fingerprint density at radius 3 is 2.86 bits per heavy atom. The van der Waals surface area contributed by atoms with E-state index in [1.165, 1.54) is 14.6 Å². The Kier molecular flexibility index (Phi) is 4.96. The van der Waals surface area contributed by atoms with Gasteiger partial charge in [-0.1, -0.05) is 19.4 Å². The molecule has 0 amide bonds. The summed E-state index contributed by atoms with van der Waals surface area (Å²) in [5, 5.41) is 11.7. The van der Waals surface area contributed by atoms with Crippen molar-refractivity contribution in [1.82, 2.24) is 4.90 Å². The summed E-state index contributed by atoms with van der Waals surface area (Å²) in [5.74, 6) is -0.687. The Bertz CT molecular complexity index is 620. The average Bonchev–Trinajstić information content (AvgIpc) is 3.20. The summed E-state index contributed by atoms with van der Waals surface area (Å²) < 4.78 is 0. The third-order valence-corrected chi connectivity index (χ3v) is 6.48. The summed E-state index contributed by atoms with van der Waals surface area (Å²) in [6, 6.07) is 8.27. The maximum absolute atomic E-state index is 11.7. The van der Waals surface area contributed by atoms with Gasteiger partial charge in [-0.25, -0.2) is 0 Å². The molecular weight excluding hydrogens is 314 g/mol. The van der Waals surface area contributed by atoms with Crippen LogP contribution in [-0.4, -0.2) is 28.6 Å². The second-order valence-electron chi connectivity index (χ2n) is 5.66. The van der Waals surface area contributed by atoms with Crippen molar-refractivity contribution in [3.8, 4) is 0 Å². The Hall–Kier alpha value is -1.17. The molecule has 22 heavy (non-hydrogen) atoms. The average molecular weight is 335 g/mol. The first-order valence-electron chi connectivity index (χ1n) is 7.81. The van der Waals surface area contributed by atoms with Crippen LogP contribution in [0.5, 0.6) is 0 Å².